The highest BCUT2D eigenvalue weighted by Crippen LogP contribution is 2.40. The van der Waals surface area contributed by atoms with E-state index in [0.29, 0.717) is 26.2 Å². The Kier molecular flexibility index (Phi) is 4.60. The maximum atomic E-state index is 11.6. The van der Waals surface area contributed by atoms with Crippen LogP contribution in [0.5, 0.6) is 0 Å². The third kappa shape index (κ3) is 3.36. The molecule has 2 heterocycles. The number of nitro benzene ring substituents is 1. The summed E-state index contributed by atoms with van der Waals surface area (Å²) in [5, 5.41) is 20.0. The topological polar surface area (TPSA) is 122 Å². The van der Waals surface area contributed by atoms with Gasteiger partial charge in [0, 0.05) is 55.7 Å². The Morgan fingerprint density at radius 2 is 1.64 bits per heavy atom. The van der Waals surface area contributed by atoms with Crippen molar-refractivity contribution in [2.45, 2.75) is 11.3 Å². The van der Waals surface area contributed by atoms with E-state index in [-0.39, 0.29) is 15.5 Å². The number of fused-ring (bicyclic) bond motifs is 1. The van der Waals surface area contributed by atoms with Crippen molar-refractivity contribution in [3.63, 3.8) is 0 Å². The minimum Gasteiger partial charge on any atom is -0.384 e. The first-order valence-corrected chi connectivity index (χ1v) is 10.6. The molecule has 0 aromatic heterocycles. The summed E-state index contributed by atoms with van der Waals surface area (Å²) in [4.78, 5) is 15.5. The number of nitrogens with two attached hydrogens (primary N) is 1. The van der Waals surface area contributed by atoms with E-state index >= 15 is 0 Å². The molecule has 148 valence electrons. The maximum absolute atomic E-state index is 11.6. The van der Waals surface area contributed by atoms with Crippen LogP contribution in [-0.2, 0) is 16.4 Å². The molecule has 4 rings (SSSR count). The van der Waals surface area contributed by atoms with Crippen LogP contribution in [0.25, 0.3) is 0 Å². The molecule has 2 aromatic rings. The van der Waals surface area contributed by atoms with Crippen LogP contribution in [0.4, 0.5) is 22.7 Å². The summed E-state index contributed by atoms with van der Waals surface area (Å²) in [5.74, 6) is 0. The first kappa shape index (κ1) is 18.5. The van der Waals surface area contributed by atoms with Gasteiger partial charge in [-0.2, -0.15) is 0 Å². The summed E-state index contributed by atoms with van der Waals surface area (Å²) in [5.41, 5.74) is 3.76. The van der Waals surface area contributed by atoms with E-state index in [2.05, 4.69) is 15.1 Å². The summed E-state index contributed by atoms with van der Waals surface area (Å²) in [6.07, 6.45) is 0.779. The molecule has 0 saturated carbocycles. The SMILES string of the molecule is NS(=O)(=O)c1ccc(N2CCN(c3c([N+](=O)[O-])ccc4c3CCN4)CC2)cc1. The highest BCUT2D eigenvalue weighted by atomic mass is 32.2. The molecule has 1 saturated heterocycles. The van der Waals surface area contributed by atoms with Crippen LogP contribution in [-0.4, -0.2) is 46.1 Å². The predicted octanol–water partition coefficient (Wildman–Crippen LogP) is 1.54. The largest absolute Gasteiger partial charge is 0.384 e. The van der Waals surface area contributed by atoms with Crippen molar-refractivity contribution in [3.05, 3.63) is 52.1 Å². The lowest BCUT2D eigenvalue weighted by Crippen LogP contribution is -2.47. The molecule has 1 fully saturated rings. The number of primary sulfonamides is 1. The number of sulfonamides is 1. The molecule has 28 heavy (non-hydrogen) atoms. The van der Waals surface area contributed by atoms with E-state index in [9.17, 15) is 18.5 Å². The van der Waals surface area contributed by atoms with Crippen LogP contribution in [0.2, 0.25) is 0 Å². The molecule has 0 radical (unpaired) electrons. The second kappa shape index (κ2) is 6.95. The molecular formula is C18H21N5O4S. The summed E-state index contributed by atoms with van der Waals surface area (Å²) < 4.78 is 22.8. The first-order valence-electron chi connectivity index (χ1n) is 9.01. The number of hydrogen-bond acceptors (Lipinski definition) is 7. The van der Waals surface area contributed by atoms with Crippen LogP contribution in [0.3, 0.4) is 0 Å². The molecule has 0 amide bonds. The summed E-state index contributed by atoms with van der Waals surface area (Å²) in [7, 11) is -3.71. The molecule has 0 unspecified atom stereocenters. The lowest BCUT2D eigenvalue weighted by atomic mass is 10.1. The molecule has 0 spiro atoms. The van der Waals surface area contributed by atoms with Gasteiger partial charge < -0.3 is 15.1 Å². The van der Waals surface area contributed by atoms with Crippen LogP contribution in [0, 0.1) is 10.1 Å². The second-order valence-electron chi connectivity index (χ2n) is 6.91. The molecule has 2 aliphatic rings. The van der Waals surface area contributed by atoms with Gasteiger partial charge in [0.1, 0.15) is 5.69 Å². The quantitative estimate of drug-likeness (QED) is 0.586. The van der Waals surface area contributed by atoms with Crippen LogP contribution < -0.4 is 20.3 Å². The third-order valence-electron chi connectivity index (χ3n) is 5.27. The van der Waals surface area contributed by atoms with Crippen molar-refractivity contribution in [1.82, 2.24) is 0 Å². The Labute approximate surface area is 162 Å². The van der Waals surface area contributed by atoms with Crippen molar-refractivity contribution in [1.29, 1.82) is 0 Å². The van der Waals surface area contributed by atoms with Crippen molar-refractivity contribution in [2.75, 3.05) is 47.8 Å². The van der Waals surface area contributed by atoms with Gasteiger partial charge in [0.05, 0.1) is 9.82 Å². The van der Waals surface area contributed by atoms with E-state index < -0.39 is 10.0 Å². The molecule has 0 aliphatic carbocycles. The van der Waals surface area contributed by atoms with Gasteiger partial charge in [0.15, 0.2) is 0 Å². The predicted molar refractivity (Wildman–Crippen MR) is 108 cm³/mol. The molecule has 0 atom stereocenters. The molecule has 9 nitrogen and oxygen atoms in total. The minimum absolute atomic E-state index is 0.0814. The molecule has 2 aromatic carbocycles. The normalized spacial score (nSPS) is 16.6. The number of hydrogen-bond donors (Lipinski definition) is 2. The number of benzene rings is 2. The average Bonchev–Trinajstić information content (AvgIpc) is 3.15. The van der Waals surface area contributed by atoms with Gasteiger partial charge >= 0.3 is 0 Å². The number of nitrogens with zero attached hydrogens (tertiary/aromatic N) is 3. The number of nitro groups is 1. The first-order chi connectivity index (χ1) is 13.3. The second-order valence-corrected chi connectivity index (χ2v) is 8.47. The Morgan fingerprint density at radius 1 is 1.00 bits per heavy atom. The van der Waals surface area contributed by atoms with E-state index in [4.69, 9.17) is 5.14 Å². The summed E-state index contributed by atoms with van der Waals surface area (Å²) >= 11 is 0. The number of nitrogens with one attached hydrogen (secondary N) is 1. The van der Waals surface area contributed by atoms with E-state index in [1.807, 2.05) is 0 Å². The Balaban J connectivity index is 1.54. The van der Waals surface area contributed by atoms with Crippen molar-refractivity contribution in [3.8, 4) is 0 Å². The van der Waals surface area contributed by atoms with Gasteiger partial charge in [0.2, 0.25) is 10.0 Å². The van der Waals surface area contributed by atoms with Gasteiger partial charge in [-0.3, -0.25) is 10.1 Å². The fourth-order valence-electron chi connectivity index (χ4n) is 3.90. The maximum Gasteiger partial charge on any atom is 0.292 e. The number of rotatable bonds is 4. The molecular weight excluding hydrogens is 382 g/mol. The zero-order chi connectivity index (χ0) is 19.9. The third-order valence-corrected chi connectivity index (χ3v) is 6.20. The fraction of sp³-hybridized carbons (Fsp3) is 0.333. The van der Waals surface area contributed by atoms with Crippen molar-refractivity contribution >= 4 is 32.8 Å². The Hall–Kier alpha value is -2.85. The zero-order valence-electron chi connectivity index (χ0n) is 15.2. The summed E-state index contributed by atoms with van der Waals surface area (Å²) in [6, 6.07) is 9.83. The Bertz CT molecular complexity index is 1020. The smallest absolute Gasteiger partial charge is 0.292 e. The lowest BCUT2D eigenvalue weighted by molar-refractivity contribution is -0.384. The highest BCUT2D eigenvalue weighted by molar-refractivity contribution is 7.89. The minimum atomic E-state index is -3.71. The van der Waals surface area contributed by atoms with Crippen molar-refractivity contribution < 1.29 is 13.3 Å². The van der Waals surface area contributed by atoms with E-state index in [1.54, 1.807) is 24.3 Å². The molecule has 0 bridgehead atoms. The van der Waals surface area contributed by atoms with Gasteiger partial charge in [0.25, 0.3) is 5.69 Å². The summed E-state index contributed by atoms with van der Waals surface area (Å²) in [6.45, 7) is 3.45. The van der Waals surface area contributed by atoms with E-state index in [1.165, 1.54) is 12.1 Å². The molecule has 3 N–H and O–H groups in total. The van der Waals surface area contributed by atoms with Crippen LogP contribution in [0.15, 0.2) is 41.3 Å². The Morgan fingerprint density at radius 3 is 2.25 bits per heavy atom. The van der Waals surface area contributed by atoms with E-state index in [0.717, 1.165) is 35.6 Å². The lowest BCUT2D eigenvalue weighted by Gasteiger charge is -2.37. The van der Waals surface area contributed by atoms with Gasteiger partial charge in [-0.1, -0.05) is 0 Å². The highest BCUT2D eigenvalue weighted by Gasteiger charge is 2.29. The van der Waals surface area contributed by atoms with Crippen molar-refractivity contribution in [2.24, 2.45) is 5.14 Å². The fourth-order valence-corrected chi connectivity index (χ4v) is 4.42. The molecule has 2 aliphatic heterocycles. The number of anilines is 3. The molecule has 10 heteroatoms. The van der Waals surface area contributed by atoms with Crippen LogP contribution >= 0.6 is 0 Å². The van der Waals surface area contributed by atoms with Gasteiger partial charge in [-0.15, -0.1) is 0 Å². The van der Waals surface area contributed by atoms with Gasteiger partial charge in [-0.25, -0.2) is 13.6 Å². The number of piperazine rings is 1. The van der Waals surface area contributed by atoms with Gasteiger partial charge in [-0.05, 0) is 36.8 Å². The standard InChI is InChI=1S/C18H21N5O4S/c19-28(26,27)14-3-1-13(2-4-14)21-9-11-22(12-10-21)18-15-7-8-20-16(15)5-6-17(18)23(24)25/h1-6,20H,7-12H2,(H2,19,26,27). The zero-order valence-corrected chi connectivity index (χ0v) is 16.0. The van der Waals surface area contributed by atoms with Crippen LogP contribution in [0.1, 0.15) is 5.56 Å². The average molecular weight is 403 g/mol. The monoisotopic (exact) mass is 403 g/mol.